The quantitative estimate of drug-likeness (QED) is 0.148. The maximum absolute atomic E-state index is 6.89. The Labute approximate surface area is 480 Å². The van der Waals surface area contributed by atoms with Crippen molar-refractivity contribution in [3.8, 4) is 33.4 Å². The number of nitrogens with zero attached hydrogens (tertiary/aromatic N) is 3. The van der Waals surface area contributed by atoms with Crippen molar-refractivity contribution in [2.45, 2.75) is 105 Å². The van der Waals surface area contributed by atoms with Gasteiger partial charge in [0.25, 0.3) is 0 Å². The molecular weight excluding hydrogens is 982 g/mol. The van der Waals surface area contributed by atoms with Gasteiger partial charge in [0.1, 0.15) is 11.2 Å². The molecule has 400 valence electrons. The lowest BCUT2D eigenvalue weighted by Gasteiger charge is -2.46. The van der Waals surface area contributed by atoms with E-state index in [-0.39, 0.29) is 28.5 Å². The minimum atomic E-state index is -0.233. The Morgan fingerprint density at radius 3 is 1.46 bits per heavy atom. The van der Waals surface area contributed by atoms with Crippen molar-refractivity contribution in [3.05, 3.63) is 241 Å². The summed E-state index contributed by atoms with van der Waals surface area (Å²) in [7, 11) is 0. The smallest absolute Gasteiger partial charge is 0.333 e. The molecule has 0 amide bonds. The van der Waals surface area contributed by atoms with Crippen LogP contribution in [-0.4, -0.2) is 6.85 Å². The van der Waals surface area contributed by atoms with Gasteiger partial charge in [-0.25, -0.2) is 0 Å². The molecule has 5 heteroatoms. The molecule has 0 spiro atoms. The topological polar surface area (TPSA) is 22.9 Å². The third kappa shape index (κ3) is 9.12. The minimum Gasteiger partial charge on any atom is -0.456 e. The lowest BCUT2D eigenvalue weighted by Crippen LogP contribution is -2.61. The van der Waals surface area contributed by atoms with Crippen molar-refractivity contribution in [2.24, 2.45) is 0 Å². The van der Waals surface area contributed by atoms with Crippen molar-refractivity contribution in [3.63, 3.8) is 0 Å². The molecule has 2 aliphatic rings. The Morgan fingerprint density at radius 1 is 0.346 bits per heavy atom. The fourth-order valence-corrected chi connectivity index (χ4v) is 12.5. The molecule has 3 heterocycles. The molecule has 0 fully saturated rings. The number of para-hydroxylation sites is 1. The van der Waals surface area contributed by atoms with Gasteiger partial charge in [-0.2, -0.15) is 0 Å². The highest BCUT2D eigenvalue weighted by Crippen LogP contribution is 2.53. The van der Waals surface area contributed by atoms with Crippen LogP contribution in [0, 0.1) is 0 Å². The molecule has 0 saturated heterocycles. The van der Waals surface area contributed by atoms with Crippen molar-refractivity contribution >= 4 is 85.2 Å². The van der Waals surface area contributed by atoms with E-state index < -0.39 is 0 Å². The first kappa shape index (κ1) is 51.9. The van der Waals surface area contributed by atoms with Crippen LogP contribution in [0.15, 0.2) is 223 Å². The number of rotatable bonds is 7. The molecule has 0 radical (unpaired) electrons. The molecule has 0 unspecified atom stereocenters. The molecule has 81 heavy (non-hydrogen) atoms. The van der Waals surface area contributed by atoms with E-state index in [4.69, 9.17) is 4.42 Å². The van der Waals surface area contributed by atoms with Crippen LogP contribution in [0.1, 0.15) is 105 Å². The highest BCUT2D eigenvalue weighted by molar-refractivity contribution is 6.93. The average Bonchev–Trinajstić information content (AvgIpc) is 4.03. The Kier molecular flexibility index (Phi) is 12.2. The van der Waals surface area contributed by atoms with Gasteiger partial charge in [-0.1, -0.05) is 210 Å². The fourth-order valence-electron chi connectivity index (χ4n) is 12.5. The second-order valence-corrected chi connectivity index (χ2v) is 26.7. The first-order valence-electron chi connectivity index (χ1n) is 28.9. The van der Waals surface area contributed by atoms with E-state index in [1.807, 2.05) is 0 Å². The van der Waals surface area contributed by atoms with Gasteiger partial charge in [0.2, 0.25) is 0 Å². The molecule has 2 aliphatic heterocycles. The molecule has 0 atom stereocenters. The van der Waals surface area contributed by atoms with E-state index in [2.05, 4.69) is 316 Å². The maximum Gasteiger partial charge on any atom is 0.333 e. The van der Waals surface area contributed by atoms with Crippen LogP contribution < -0.4 is 25.5 Å². The summed E-state index contributed by atoms with van der Waals surface area (Å²) in [6.07, 6.45) is 0. The zero-order chi connectivity index (χ0) is 56.3. The van der Waals surface area contributed by atoms with Crippen molar-refractivity contribution in [1.29, 1.82) is 0 Å². The molecule has 1 aromatic heterocycles. The van der Waals surface area contributed by atoms with Gasteiger partial charge in [-0.05, 0) is 162 Å². The zero-order valence-corrected chi connectivity index (χ0v) is 49.1. The monoisotopic (exact) mass is 1050 g/mol. The van der Waals surface area contributed by atoms with Crippen molar-refractivity contribution in [1.82, 2.24) is 0 Å². The fraction of sp³-hybridized carbons (Fsp3) is 0.211. The zero-order valence-electron chi connectivity index (χ0n) is 49.1. The minimum absolute atomic E-state index is 0.0109. The van der Waals surface area contributed by atoms with Gasteiger partial charge < -0.3 is 19.0 Å². The van der Waals surface area contributed by atoms with Gasteiger partial charge in [0.05, 0.1) is 5.69 Å². The molecule has 10 aromatic carbocycles. The van der Waals surface area contributed by atoms with E-state index in [1.54, 1.807) is 0 Å². The number of anilines is 8. The Balaban J connectivity index is 1.15. The second-order valence-electron chi connectivity index (χ2n) is 26.7. The van der Waals surface area contributed by atoms with E-state index in [0.717, 1.165) is 78.6 Å². The van der Waals surface area contributed by atoms with E-state index >= 15 is 0 Å². The Morgan fingerprint density at radius 2 is 0.864 bits per heavy atom. The molecule has 0 aliphatic carbocycles. The van der Waals surface area contributed by atoms with E-state index in [9.17, 15) is 0 Å². The maximum atomic E-state index is 6.89. The molecule has 11 aromatic rings. The summed E-state index contributed by atoms with van der Waals surface area (Å²) in [5, 5.41) is 2.22. The molecule has 0 N–H and O–H groups in total. The predicted octanol–water partition coefficient (Wildman–Crippen LogP) is 20.3. The standard InChI is InChI=1S/C76H72BN3O/c1-73(2,3)52-27-34-56(35-28-52)78(57-36-29-53(30-37-57)74(4,5)6)59-40-42-67-62(46-59)64-43-51(49-21-15-13-16-22-49)44-69-72(64)77(80(67)58-38-31-54(32-39-58)75(7,8)9)65-47-63-60-25-19-20-26-70(60)81-71(63)48-68(65)79(69)66-41-33-55(76(10,11)12)45-61(66)50-23-17-14-18-24-50/h13-48H,1-12H3. The van der Waals surface area contributed by atoms with Crippen LogP contribution in [0.5, 0.6) is 0 Å². The van der Waals surface area contributed by atoms with Gasteiger partial charge in [0.15, 0.2) is 0 Å². The van der Waals surface area contributed by atoms with Crippen LogP contribution in [-0.2, 0) is 21.7 Å². The summed E-state index contributed by atoms with van der Waals surface area (Å²) in [5.74, 6) is 0. The van der Waals surface area contributed by atoms with E-state index in [0.29, 0.717) is 0 Å². The van der Waals surface area contributed by atoms with Crippen LogP contribution >= 0.6 is 0 Å². The largest absolute Gasteiger partial charge is 0.456 e. The molecule has 0 bridgehead atoms. The van der Waals surface area contributed by atoms with Crippen molar-refractivity contribution < 1.29 is 4.42 Å². The van der Waals surface area contributed by atoms with Gasteiger partial charge in [-0.3, -0.25) is 0 Å². The first-order valence-corrected chi connectivity index (χ1v) is 28.9. The van der Waals surface area contributed by atoms with Gasteiger partial charge in [-0.15, -0.1) is 0 Å². The highest BCUT2D eigenvalue weighted by atomic mass is 16.3. The summed E-state index contributed by atoms with van der Waals surface area (Å²) < 4.78 is 6.89. The summed E-state index contributed by atoms with van der Waals surface area (Å²) >= 11 is 0. The Hall–Kier alpha value is -8.54. The van der Waals surface area contributed by atoms with Gasteiger partial charge >= 0.3 is 6.85 Å². The SMILES string of the molecule is CC(C)(C)c1ccc(N2B3c4cc5c(cc4N(c4ccc(C(C)(C)C)cc4-c4ccccc4)c4cc(-c6ccccc6)cc(c43)-c3cc(N(c4ccc(C(C)(C)C)cc4)c4ccc(C(C)(C)C)cc4)ccc32)oc2ccccc25)cc1. The average molecular weight is 1050 g/mol. The van der Waals surface area contributed by atoms with Crippen LogP contribution in [0.2, 0.25) is 0 Å². The summed E-state index contributed by atoms with van der Waals surface area (Å²) in [6, 6.07) is 82.4. The van der Waals surface area contributed by atoms with Crippen molar-refractivity contribution in [2.75, 3.05) is 14.6 Å². The lowest BCUT2D eigenvalue weighted by atomic mass is 9.43. The van der Waals surface area contributed by atoms with Gasteiger partial charge in [0, 0.05) is 67.8 Å². The lowest BCUT2D eigenvalue weighted by molar-refractivity contribution is 0.590. The number of hydrogen-bond acceptors (Lipinski definition) is 4. The third-order valence-electron chi connectivity index (χ3n) is 17.1. The third-order valence-corrected chi connectivity index (χ3v) is 17.1. The second kappa shape index (κ2) is 19.1. The van der Waals surface area contributed by atoms with Crippen LogP contribution in [0.25, 0.3) is 55.3 Å². The number of furan rings is 1. The number of benzene rings is 10. The molecule has 4 nitrogen and oxygen atoms in total. The predicted molar refractivity (Wildman–Crippen MR) is 348 cm³/mol. The number of hydrogen-bond donors (Lipinski definition) is 0. The normalized spacial score (nSPS) is 13.4. The summed E-state index contributed by atoms with van der Waals surface area (Å²) in [5.41, 5.74) is 25.3. The van der Waals surface area contributed by atoms with E-state index in [1.165, 1.54) is 55.4 Å². The first-order chi connectivity index (χ1) is 38.7. The Bertz CT molecular complexity index is 4130. The highest BCUT2D eigenvalue weighted by Gasteiger charge is 2.46. The molecule has 13 rings (SSSR count). The summed E-state index contributed by atoms with van der Waals surface area (Å²) in [6.45, 7) is 27.3. The molecule has 0 saturated carbocycles. The molecular formula is C76H72BN3O. The van der Waals surface area contributed by atoms with Crippen LogP contribution in [0.3, 0.4) is 0 Å². The van der Waals surface area contributed by atoms with Crippen LogP contribution in [0.4, 0.5) is 45.5 Å². The number of fused-ring (bicyclic) bond motifs is 7. The summed E-state index contributed by atoms with van der Waals surface area (Å²) in [4.78, 5) is 7.67.